The van der Waals surface area contributed by atoms with Gasteiger partial charge in [-0.05, 0) is 42.0 Å². The summed E-state index contributed by atoms with van der Waals surface area (Å²) in [6, 6.07) is 15.1. The summed E-state index contributed by atoms with van der Waals surface area (Å²) < 4.78 is 39.4. The van der Waals surface area contributed by atoms with E-state index in [9.17, 15) is 8.42 Å². The van der Waals surface area contributed by atoms with Crippen molar-refractivity contribution in [2.75, 3.05) is 11.8 Å². The Morgan fingerprint density at radius 2 is 1.66 bits per heavy atom. The highest BCUT2D eigenvalue weighted by Crippen LogP contribution is 2.39. The molecule has 12 heteroatoms. The zero-order valence-corrected chi connectivity index (χ0v) is 20.4. The van der Waals surface area contributed by atoms with Crippen molar-refractivity contribution < 1.29 is 17.9 Å². The molecule has 35 heavy (non-hydrogen) atoms. The molecule has 0 saturated heterocycles. The molecule has 1 N–H and O–H groups in total. The standard InChI is InChI=1S/C23H17Cl2N5O4S/c1-33-17-8-2-3-9-18(17)34-19-20(25)28-23(22-26-11-5-12-27-22)29-21(19)30-35(31,32)13-10-15-6-4-7-16(24)14-15/h2-14H,1H3,(H,28,29,30). The molecule has 178 valence electrons. The third kappa shape index (κ3) is 6.24. The monoisotopic (exact) mass is 529 g/mol. The second kappa shape index (κ2) is 10.7. The van der Waals surface area contributed by atoms with Crippen LogP contribution in [0, 0.1) is 0 Å². The van der Waals surface area contributed by atoms with Crippen LogP contribution < -0.4 is 14.2 Å². The molecule has 0 aliphatic rings. The van der Waals surface area contributed by atoms with Gasteiger partial charge in [0, 0.05) is 17.4 Å². The number of nitrogens with one attached hydrogen (secondary N) is 1. The lowest BCUT2D eigenvalue weighted by Gasteiger charge is -2.15. The van der Waals surface area contributed by atoms with Crippen LogP contribution >= 0.6 is 23.2 Å². The molecule has 0 fully saturated rings. The summed E-state index contributed by atoms with van der Waals surface area (Å²) in [4.78, 5) is 16.7. The topological polar surface area (TPSA) is 116 Å². The van der Waals surface area contributed by atoms with Crippen LogP contribution in [0.15, 0.2) is 72.4 Å². The van der Waals surface area contributed by atoms with E-state index >= 15 is 0 Å². The zero-order chi connectivity index (χ0) is 24.8. The van der Waals surface area contributed by atoms with E-state index in [-0.39, 0.29) is 34.1 Å². The quantitative estimate of drug-likeness (QED) is 0.299. The highest BCUT2D eigenvalue weighted by molar-refractivity contribution is 7.95. The second-order valence-corrected chi connectivity index (χ2v) is 9.21. The predicted octanol–water partition coefficient (Wildman–Crippen LogP) is 5.45. The Morgan fingerprint density at radius 3 is 2.37 bits per heavy atom. The Bertz CT molecular complexity index is 1480. The van der Waals surface area contributed by atoms with E-state index in [1.807, 2.05) is 0 Å². The number of rotatable bonds is 8. The maximum absolute atomic E-state index is 12.9. The fourth-order valence-electron chi connectivity index (χ4n) is 2.86. The van der Waals surface area contributed by atoms with Crippen LogP contribution in [0.2, 0.25) is 10.2 Å². The van der Waals surface area contributed by atoms with E-state index in [4.69, 9.17) is 32.7 Å². The third-order valence-corrected chi connectivity index (χ3v) is 5.86. The van der Waals surface area contributed by atoms with Crippen LogP contribution in [0.4, 0.5) is 5.82 Å². The van der Waals surface area contributed by atoms with Gasteiger partial charge in [-0.3, -0.25) is 4.72 Å². The lowest BCUT2D eigenvalue weighted by atomic mass is 10.2. The molecule has 4 aromatic rings. The van der Waals surface area contributed by atoms with E-state index < -0.39 is 10.0 Å². The highest BCUT2D eigenvalue weighted by atomic mass is 35.5. The van der Waals surface area contributed by atoms with Gasteiger partial charge >= 0.3 is 0 Å². The molecule has 0 saturated carbocycles. The van der Waals surface area contributed by atoms with Gasteiger partial charge in [0.05, 0.1) is 12.5 Å². The first-order valence-corrected chi connectivity index (χ1v) is 12.3. The maximum Gasteiger partial charge on any atom is 0.256 e. The van der Waals surface area contributed by atoms with Crippen LogP contribution in [0.25, 0.3) is 17.7 Å². The molecular formula is C23H17Cl2N5O4S. The molecule has 0 radical (unpaired) electrons. The van der Waals surface area contributed by atoms with Crippen LogP contribution in [-0.4, -0.2) is 35.5 Å². The second-order valence-electron chi connectivity index (χ2n) is 6.85. The Balaban J connectivity index is 1.75. The molecule has 0 unspecified atom stereocenters. The van der Waals surface area contributed by atoms with Gasteiger partial charge in [0.1, 0.15) is 0 Å². The normalized spacial score (nSPS) is 11.4. The number of anilines is 1. The minimum atomic E-state index is -4.07. The summed E-state index contributed by atoms with van der Waals surface area (Å²) in [6.45, 7) is 0. The summed E-state index contributed by atoms with van der Waals surface area (Å²) in [5, 5.41) is 1.28. The molecule has 2 aromatic heterocycles. The SMILES string of the molecule is COc1ccccc1Oc1c(Cl)nc(-c2ncccn2)nc1NS(=O)(=O)C=Cc1cccc(Cl)c1. The van der Waals surface area contributed by atoms with Gasteiger partial charge in [-0.25, -0.2) is 28.4 Å². The third-order valence-electron chi connectivity index (χ3n) is 4.40. The van der Waals surface area contributed by atoms with Crippen molar-refractivity contribution in [3.63, 3.8) is 0 Å². The lowest BCUT2D eigenvalue weighted by Crippen LogP contribution is -2.13. The van der Waals surface area contributed by atoms with Crippen LogP contribution in [-0.2, 0) is 10.0 Å². The van der Waals surface area contributed by atoms with Gasteiger partial charge in [-0.15, -0.1) is 0 Å². The van der Waals surface area contributed by atoms with Crippen LogP contribution in [0.1, 0.15) is 5.56 Å². The fourth-order valence-corrected chi connectivity index (χ4v) is 4.08. The molecule has 0 spiro atoms. The molecule has 0 atom stereocenters. The van der Waals surface area contributed by atoms with Gasteiger partial charge in [-0.1, -0.05) is 47.5 Å². The average Bonchev–Trinajstić information content (AvgIpc) is 2.85. The summed E-state index contributed by atoms with van der Waals surface area (Å²) in [6.07, 6.45) is 4.38. The van der Waals surface area contributed by atoms with E-state index in [1.165, 1.54) is 25.6 Å². The first-order chi connectivity index (χ1) is 16.8. The van der Waals surface area contributed by atoms with Crippen LogP contribution in [0.3, 0.4) is 0 Å². The molecular weight excluding hydrogens is 513 g/mol. The van der Waals surface area contributed by atoms with Crippen molar-refractivity contribution in [2.24, 2.45) is 0 Å². The predicted molar refractivity (Wildman–Crippen MR) is 134 cm³/mol. The number of nitrogens with zero attached hydrogens (tertiary/aromatic N) is 4. The number of halogens is 2. The number of hydrogen-bond acceptors (Lipinski definition) is 8. The summed E-state index contributed by atoms with van der Waals surface area (Å²) in [5.74, 6) is 0.477. The molecule has 4 rings (SSSR count). The Kier molecular flexibility index (Phi) is 7.45. The van der Waals surface area contributed by atoms with E-state index in [1.54, 1.807) is 54.6 Å². The van der Waals surface area contributed by atoms with Gasteiger partial charge in [0.25, 0.3) is 10.0 Å². The Morgan fingerprint density at radius 1 is 0.914 bits per heavy atom. The lowest BCUT2D eigenvalue weighted by molar-refractivity contribution is 0.378. The summed E-state index contributed by atoms with van der Waals surface area (Å²) >= 11 is 12.4. The maximum atomic E-state index is 12.9. The minimum absolute atomic E-state index is 0.000465. The molecule has 2 aromatic carbocycles. The van der Waals surface area contributed by atoms with E-state index in [2.05, 4.69) is 24.7 Å². The highest BCUT2D eigenvalue weighted by Gasteiger charge is 2.22. The first-order valence-electron chi connectivity index (χ1n) is 9.97. The van der Waals surface area contributed by atoms with Gasteiger partial charge in [0.15, 0.2) is 28.3 Å². The average molecular weight is 530 g/mol. The van der Waals surface area contributed by atoms with Crippen molar-refractivity contribution in [1.29, 1.82) is 0 Å². The Labute approximate surface area is 211 Å². The molecule has 0 aliphatic heterocycles. The largest absolute Gasteiger partial charge is 0.493 e. The minimum Gasteiger partial charge on any atom is -0.493 e. The number of para-hydroxylation sites is 2. The molecule has 0 bridgehead atoms. The van der Waals surface area contributed by atoms with Crippen molar-refractivity contribution >= 4 is 45.1 Å². The van der Waals surface area contributed by atoms with Crippen LogP contribution in [0.5, 0.6) is 17.2 Å². The number of ether oxygens (including phenoxy) is 2. The summed E-state index contributed by atoms with van der Waals surface area (Å²) in [7, 11) is -2.59. The number of methoxy groups -OCH3 is 1. The van der Waals surface area contributed by atoms with Crippen molar-refractivity contribution in [3.8, 4) is 28.9 Å². The van der Waals surface area contributed by atoms with Gasteiger partial charge < -0.3 is 9.47 Å². The van der Waals surface area contributed by atoms with Crippen molar-refractivity contribution in [2.45, 2.75) is 0 Å². The van der Waals surface area contributed by atoms with Crippen molar-refractivity contribution in [1.82, 2.24) is 19.9 Å². The number of aromatic nitrogens is 4. The number of benzene rings is 2. The molecule has 0 amide bonds. The van der Waals surface area contributed by atoms with E-state index in [0.29, 0.717) is 16.3 Å². The Hall–Kier alpha value is -3.73. The van der Waals surface area contributed by atoms with E-state index in [0.717, 1.165) is 5.41 Å². The first kappa shape index (κ1) is 24.4. The number of sulfonamides is 1. The fraction of sp³-hybridized carbons (Fsp3) is 0.0435. The smallest absolute Gasteiger partial charge is 0.256 e. The molecule has 2 heterocycles. The van der Waals surface area contributed by atoms with Gasteiger partial charge in [-0.2, -0.15) is 0 Å². The number of hydrogen-bond donors (Lipinski definition) is 1. The zero-order valence-electron chi connectivity index (χ0n) is 18.1. The van der Waals surface area contributed by atoms with Gasteiger partial charge in [0.2, 0.25) is 11.6 Å². The summed E-state index contributed by atoms with van der Waals surface area (Å²) in [5.41, 5.74) is 0.590. The molecule has 9 nitrogen and oxygen atoms in total. The van der Waals surface area contributed by atoms with Crippen molar-refractivity contribution in [3.05, 3.63) is 88.1 Å². The molecule has 0 aliphatic carbocycles.